The van der Waals surface area contributed by atoms with Gasteiger partial charge in [0.25, 0.3) is 0 Å². The molecule has 0 radical (unpaired) electrons. The number of Topliss-reactive ketones (excluding diaryl/α,β-unsaturated/α-hetero) is 1. The van der Waals surface area contributed by atoms with Gasteiger partial charge in [0, 0.05) is 11.5 Å². The van der Waals surface area contributed by atoms with E-state index >= 15 is 0 Å². The van der Waals surface area contributed by atoms with E-state index in [9.17, 15) is 14.7 Å². The molecule has 2 rings (SSSR count). The van der Waals surface area contributed by atoms with Crippen molar-refractivity contribution in [2.45, 2.75) is 26.7 Å². The van der Waals surface area contributed by atoms with Gasteiger partial charge in [0.15, 0.2) is 5.78 Å². The zero-order valence-corrected chi connectivity index (χ0v) is 10.7. The zero-order valence-electron chi connectivity index (χ0n) is 10.7. The molecule has 1 fully saturated rings. The first-order valence-electron chi connectivity index (χ1n) is 6.32. The van der Waals surface area contributed by atoms with Crippen molar-refractivity contribution in [3.63, 3.8) is 0 Å². The molecule has 0 aromatic heterocycles. The standard InChI is InChI=1S/C15H18O3/c1-9-3-5-11(6-4-9)14(16)12-7-10(2)8-13(12)15(17)18/h3-6,10,12-13H,7-8H2,1-2H3,(H,17,18). The van der Waals surface area contributed by atoms with Crippen LogP contribution in [0.1, 0.15) is 35.7 Å². The number of aryl methyl sites for hydroxylation is 1. The Morgan fingerprint density at radius 2 is 1.67 bits per heavy atom. The molecule has 3 heteroatoms. The van der Waals surface area contributed by atoms with E-state index in [0.717, 1.165) is 5.56 Å². The second kappa shape index (κ2) is 4.92. The fourth-order valence-electron chi connectivity index (χ4n) is 2.79. The zero-order chi connectivity index (χ0) is 13.3. The lowest BCUT2D eigenvalue weighted by Gasteiger charge is -2.14. The van der Waals surface area contributed by atoms with E-state index in [2.05, 4.69) is 0 Å². The smallest absolute Gasteiger partial charge is 0.307 e. The summed E-state index contributed by atoms with van der Waals surface area (Å²) >= 11 is 0. The van der Waals surface area contributed by atoms with Gasteiger partial charge in [0.2, 0.25) is 0 Å². The van der Waals surface area contributed by atoms with Gasteiger partial charge in [-0.1, -0.05) is 36.8 Å². The first-order valence-corrected chi connectivity index (χ1v) is 6.32. The van der Waals surface area contributed by atoms with E-state index in [1.54, 1.807) is 12.1 Å². The molecule has 96 valence electrons. The number of carbonyl (C=O) groups is 2. The molecule has 1 aromatic rings. The van der Waals surface area contributed by atoms with Crippen molar-refractivity contribution in [1.82, 2.24) is 0 Å². The van der Waals surface area contributed by atoms with Crippen LogP contribution in [0.3, 0.4) is 0 Å². The third-order valence-electron chi connectivity index (χ3n) is 3.79. The summed E-state index contributed by atoms with van der Waals surface area (Å²) in [6, 6.07) is 7.36. The quantitative estimate of drug-likeness (QED) is 0.834. The minimum Gasteiger partial charge on any atom is -0.481 e. The van der Waals surface area contributed by atoms with Crippen LogP contribution >= 0.6 is 0 Å². The fraction of sp³-hybridized carbons (Fsp3) is 0.467. The van der Waals surface area contributed by atoms with E-state index in [1.165, 1.54) is 0 Å². The Bertz CT molecular complexity index is 461. The number of carbonyl (C=O) groups excluding carboxylic acids is 1. The fourth-order valence-corrected chi connectivity index (χ4v) is 2.79. The highest BCUT2D eigenvalue weighted by molar-refractivity contribution is 6.00. The molecule has 0 saturated heterocycles. The second-order valence-corrected chi connectivity index (χ2v) is 5.36. The van der Waals surface area contributed by atoms with Crippen molar-refractivity contribution in [2.24, 2.45) is 17.8 Å². The Morgan fingerprint density at radius 1 is 1.11 bits per heavy atom. The first kappa shape index (κ1) is 12.8. The molecule has 0 amide bonds. The predicted molar refractivity (Wildman–Crippen MR) is 68.5 cm³/mol. The molecular weight excluding hydrogens is 228 g/mol. The van der Waals surface area contributed by atoms with Crippen LogP contribution in [0.2, 0.25) is 0 Å². The molecule has 1 aliphatic carbocycles. The maximum atomic E-state index is 12.4. The summed E-state index contributed by atoms with van der Waals surface area (Å²) in [7, 11) is 0. The van der Waals surface area contributed by atoms with Gasteiger partial charge < -0.3 is 5.11 Å². The summed E-state index contributed by atoms with van der Waals surface area (Å²) in [4.78, 5) is 23.6. The summed E-state index contributed by atoms with van der Waals surface area (Å²) in [5.74, 6) is -1.43. The average molecular weight is 246 g/mol. The summed E-state index contributed by atoms with van der Waals surface area (Å²) < 4.78 is 0. The minimum atomic E-state index is -0.843. The maximum absolute atomic E-state index is 12.4. The van der Waals surface area contributed by atoms with Gasteiger partial charge in [-0.3, -0.25) is 9.59 Å². The number of carboxylic acid groups (broad SMARTS) is 1. The average Bonchev–Trinajstić information content (AvgIpc) is 2.71. The molecule has 0 bridgehead atoms. The van der Waals surface area contributed by atoms with E-state index < -0.39 is 11.9 Å². The van der Waals surface area contributed by atoms with Crippen LogP contribution in [0, 0.1) is 24.7 Å². The molecule has 3 nitrogen and oxygen atoms in total. The maximum Gasteiger partial charge on any atom is 0.307 e. The Hall–Kier alpha value is -1.64. The van der Waals surface area contributed by atoms with Gasteiger partial charge in [-0.15, -0.1) is 0 Å². The van der Waals surface area contributed by atoms with Gasteiger partial charge in [0.1, 0.15) is 0 Å². The van der Waals surface area contributed by atoms with Crippen LogP contribution in [-0.4, -0.2) is 16.9 Å². The third-order valence-corrected chi connectivity index (χ3v) is 3.79. The predicted octanol–water partition coefficient (Wildman–Crippen LogP) is 2.92. The Labute approximate surface area is 107 Å². The van der Waals surface area contributed by atoms with Gasteiger partial charge >= 0.3 is 5.97 Å². The summed E-state index contributed by atoms with van der Waals surface area (Å²) in [5.41, 5.74) is 1.73. The van der Waals surface area contributed by atoms with Crippen molar-refractivity contribution >= 4 is 11.8 Å². The molecule has 18 heavy (non-hydrogen) atoms. The van der Waals surface area contributed by atoms with E-state index in [1.807, 2.05) is 26.0 Å². The topological polar surface area (TPSA) is 54.4 Å². The van der Waals surface area contributed by atoms with Crippen molar-refractivity contribution in [3.05, 3.63) is 35.4 Å². The number of hydrogen-bond acceptors (Lipinski definition) is 2. The molecule has 1 aliphatic rings. The summed E-state index contributed by atoms with van der Waals surface area (Å²) in [6.45, 7) is 3.98. The summed E-state index contributed by atoms with van der Waals surface area (Å²) in [5, 5.41) is 9.19. The number of benzene rings is 1. The van der Waals surface area contributed by atoms with Crippen LogP contribution in [0.25, 0.3) is 0 Å². The molecule has 0 spiro atoms. The minimum absolute atomic E-state index is 0.0215. The van der Waals surface area contributed by atoms with Crippen LogP contribution in [0.4, 0.5) is 0 Å². The van der Waals surface area contributed by atoms with Crippen molar-refractivity contribution in [3.8, 4) is 0 Å². The normalized spacial score (nSPS) is 27.1. The molecule has 3 unspecified atom stereocenters. The largest absolute Gasteiger partial charge is 0.481 e. The highest BCUT2D eigenvalue weighted by atomic mass is 16.4. The monoisotopic (exact) mass is 246 g/mol. The van der Waals surface area contributed by atoms with Crippen LogP contribution in [0.5, 0.6) is 0 Å². The lowest BCUT2D eigenvalue weighted by Crippen LogP contribution is -2.25. The Kier molecular flexibility index (Phi) is 3.50. The molecule has 1 saturated carbocycles. The summed E-state index contributed by atoms with van der Waals surface area (Å²) in [6.07, 6.45) is 1.29. The Morgan fingerprint density at radius 3 is 2.22 bits per heavy atom. The Balaban J connectivity index is 2.22. The number of hydrogen-bond donors (Lipinski definition) is 1. The number of rotatable bonds is 3. The third kappa shape index (κ3) is 2.45. The molecule has 1 N–H and O–H groups in total. The van der Waals surface area contributed by atoms with Gasteiger partial charge in [0.05, 0.1) is 5.92 Å². The van der Waals surface area contributed by atoms with Gasteiger partial charge in [-0.05, 0) is 25.7 Å². The van der Waals surface area contributed by atoms with Crippen molar-refractivity contribution in [2.75, 3.05) is 0 Å². The highest BCUT2D eigenvalue weighted by Crippen LogP contribution is 2.38. The van der Waals surface area contributed by atoms with Crippen LogP contribution in [0.15, 0.2) is 24.3 Å². The van der Waals surface area contributed by atoms with Crippen molar-refractivity contribution < 1.29 is 14.7 Å². The first-order chi connectivity index (χ1) is 8.49. The number of aliphatic carboxylic acids is 1. The number of carboxylic acids is 1. The van der Waals surface area contributed by atoms with E-state index in [0.29, 0.717) is 24.3 Å². The molecular formula is C15H18O3. The molecule has 1 aromatic carbocycles. The van der Waals surface area contributed by atoms with E-state index in [4.69, 9.17) is 0 Å². The van der Waals surface area contributed by atoms with Gasteiger partial charge in [-0.25, -0.2) is 0 Å². The molecule has 0 aliphatic heterocycles. The second-order valence-electron chi connectivity index (χ2n) is 5.36. The lowest BCUT2D eigenvalue weighted by atomic mass is 9.88. The van der Waals surface area contributed by atoms with E-state index in [-0.39, 0.29) is 11.7 Å². The highest BCUT2D eigenvalue weighted by Gasteiger charge is 2.41. The molecule has 0 heterocycles. The SMILES string of the molecule is Cc1ccc(C(=O)C2CC(C)CC2C(=O)O)cc1. The van der Waals surface area contributed by atoms with Crippen molar-refractivity contribution in [1.29, 1.82) is 0 Å². The van der Waals surface area contributed by atoms with Crippen LogP contribution < -0.4 is 0 Å². The molecule has 3 atom stereocenters. The van der Waals surface area contributed by atoms with Crippen LogP contribution in [-0.2, 0) is 4.79 Å². The lowest BCUT2D eigenvalue weighted by molar-refractivity contribution is -0.142. The number of ketones is 1. The van der Waals surface area contributed by atoms with Gasteiger partial charge in [-0.2, -0.15) is 0 Å².